The minimum absolute atomic E-state index is 0.0471. The van der Waals surface area contributed by atoms with E-state index in [0.29, 0.717) is 0 Å². The summed E-state index contributed by atoms with van der Waals surface area (Å²) in [5.74, 6) is 1.59. The highest BCUT2D eigenvalue weighted by atomic mass is 32.1. The summed E-state index contributed by atoms with van der Waals surface area (Å²) in [4.78, 5) is 5.34. The van der Waals surface area contributed by atoms with E-state index in [2.05, 4.69) is 182 Å². The lowest BCUT2D eigenvalue weighted by Crippen LogP contribution is -2.60. The fraction of sp³-hybridized carbons (Fsp3) is 0.396. The molecule has 2 aliphatic carbocycles. The lowest BCUT2D eigenvalue weighted by molar-refractivity contribution is 0.298. The first kappa shape index (κ1) is 37.0. The Morgan fingerprint density at radius 1 is 0.632 bits per heavy atom. The number of anilines is 6. The van der Waals surface area contributed by atoms with Crippen molar-refractivity contribution in [3.05, 3.63) is 125 Å². The molecule has 3 atom stereocenters. The van der Waals surface area contributed by atoms with Crippen molar-refractivity contribution in [3.63, 3.8) is 0 Å². The Labute approximate surface area is 346 Å². The molecule has 2 saturated carbocycles. The van der Waals surface area contributed by atoms with Crippen LogP contribution in [0.5, 0.6) is 0 Å². The third kappa shape index (κ3) is 5.78. The van der Waals surface area contributed by atoms with Crippen LogP contribution in [0.4, 0.5) is 34.1 Å². The monoisotopic (exact) mass is 766 g/mol. The van der Waals surface area contributed by atoms with E-state index in [4.69, 9.17) is 0 Å². The molecule has 0 spiro atoms. The van der Waals surface area contributed by atoms with Crippen molar-refractivity contribution >= 4 is 78.0 Å². The maximum Gasteiger partial charge on any atom is 0.264 e. The van der Waals surface area contributed by atoms with Crippen molar-refractivity contribution < 1.29 is 0 Å². The zero-order valence-electron chi connectivity index (χ0n) is 35.9. The molecule has 10 rings (SSSR count). The Morgan fingerprint density at radius 2 is 1.21 bits per heavy atom. The average molecular weight is 767 g/mol. The molecule has 4 heteroatoms. The Hall–Kier alpha value is -4.28. The number of nitrogens with zero attached hydrogens (tertiary/aromatic N) is 2. The van der Waals surface area contributed by atoms with Gasteiger partial charge in [-0.05, 0) is 141 Å². The minimum atomic E-state index is 0.0471. The third-order valence-electron chi connectivity index (χ3n) is 14.4. The quantitative estimate of drug-likeness (QED) is 0.165. The zero-order chi connectivity index (χ0) is 39.8. The van der Waals surface area contributed by atoms with Crippen molar-refractivity contribution in [2.24, 2.45) is 11.8 Å². The van der Waals surface area contributed by atoms with Crippen LogP contribution in [0.1, 0.15) is 124 Å². The minimum Gasteiger partial charge on any atom is -0.311 e. The van der Waals surface area contributed by atoms with Crippen LogP contribution in [0.3, 0.4) is 0 Å². The van der Waals surface area contributed by atoms with E-state index in [1.54, 1.807) is 5.56 Å². The molecule has 0 saturated heterocycles. The van der Waals surface area contributed by atoms with Crippen molar-refractivity contribution in [3.8, 4) is 0 Å². The van der Waals surface area contributed by atoms with Crippen molar-refractivity contribution in [1.82, 2.24) is 0 Å². The molecule has 1 aromatic heterocycles. The zero-order valence-corrected chi connectivity index (χ0v) is 36.7. The summed E-state index contributed by atoms with van der Waals surface area (Å²) in [6.45, 7) is 23.7. The fourth-order valence-corrected chi connectivity index (χ4v) is 12.5. The Morgan fingerprint density at radius 3 is 1.84 bits per heavy atom. The molecule has 0 amide bonds. The molecule has 2 nitrogen and oxygen atoms in total. The van der Waals surface area contributed by atoms with Crippen LogP contribution in [0.15, 0.2) is 103 Å². The van der Waals surface area contributed by atoms with E-state index in [9.17, 15) is 0 Å². The summed E-state index contributed by atoms with van der Waals surface area (Å²) < 4.78 is 2.83. The smallest absolute Gasteiger partial charge is 0.264 e. The standard InChI is InChI=1S/C53H59BN2S/c1-33-31-53(27-13-14-34(33)32-53)38-29-44-47-45(30-38)56(40-24-19-36(20-25-40)51(5,6)7)48-41-28-37(52(8,9)10)21-26-46(41)57-49(48)54(47)42-15-11-12-16-43(42)55(44)39-22-17-35(18-23-39)50(2,3)4/h11-12,15-26,28-30,33-34H,13-14,27,31-32H2,1-10H3. The summed E-state index contributed by atoms with van der Waals surface area (Å²) in [5.41, 5.74) is 16.8. The predicted octanol–water partition coefficient (Wildman–Crippen LogP) is 13.3. The van der Waals surface area contributed by atoms with Gasteiger partial charge in [0.1, 0.15) is 0 Å². The molecule has 2 aliphatic heterocycles. The normalized spacial score (nSPS) is 21.5. The second-order valence-corrected chi connectivity index (χ2v) is 22.4. The van der Waals surface area contributed by atoms with Gasteiger partial charge in [0.05, 0.1) is 5.69 Å². The van der Waals surface area contributed by atoms with Crippen molar-refractivity contribution in [2.75, 3.05) is 9.80 Å². The number of thiophene rings is 1. The molecule has 3 heterocycles. The lowest BCUT2D eigenvalue weighted by atomic mass is 9.36. The van der Waals surface area contributed by atoms with Gasteiger partial charge in [-0.25, -0.2) is 0 Å². The van der Waals surface area contributed by atoms with Gasteiger partial charge in [-0.1, -0.05) is 131 Å². The van der Waals surface area contributed by atoms with Crippen molar-refractivity contribution in [2.45, 2.75) is 123 Å². The summed E-state index contributed by atoms with van der Waals surface area (Å²) >= 11 is 2.01. The summed E-state index contributed by atoms with van der Waals surface area (Å²) in [6.07, 6.45) is 6.60. The number of benzene rings is 5. The van der Waals surface area contributed by atoms with Gasteiger partial charge in [-0.15, -0.1) is 11.3 Å². The molecule has 6 aromatic rings. The SMILES string of the molecule is CC1CC2(c3cc4c5c(c3)N(c3ccc(C(C)(C)C)cc3)c3c(sc6ccc(C(C)(C)C)cc36)B5c3ccccc3N4c3ccc(C(C)(C)C)cc3)CCCC1C2. The highest BCUT2D eigenvalue weighted by molar-refractivity contribution is 7.33. The molecule has 0 radical (unpaired) electrons. The first-order valence-electron chi connectivity index (χ1n) is 21.7. The van der Waals surface area contributed by atoms with Gasteiger partial charge < -0.3 is 9.80 Å². The number of fused-ring (bicyclic) bond motifs is 8. The third-order valence-corrected chi connectivity index (χ3v) is 15.7. The molecule has 290 valence electrons. The maximum atomic E-state index is 2.70. The summed E-state index contributed by atoms with van der Waals surface area (Å²) in [5, 5.41) is 1.38. The van der Waals surface area contributed by atoms with Crippen LogP contribution >= 0.6 is 11.3 Å². The van der Waals surface area contributed by atoms with Crippen LogP contribution in [0, 0.1) is 11.8 Å². The molecule has 4 aliphatic rings. The van der Waals surface area contributed by atoms with Gasteiger partial charge in [-0.3, -0.25) is 0 Å². The molecular weight excluding hydrogens is 707 g/mol. The highest BCUT2D eigenvalue weighted by Gasteiger charge is 2.50. The van der Waals surface area contributed by atoms with Gasteiger partial charge in [0.25, 0.3) is 6.71 Å². The molecule has 5 aromatic carbocycles. The Kier molecular flexibility index (Phi) is 8.19. The Balaban J connectivity index is 1.31. The van der Waals surface area contributed by atoms with Crippen LogP contribution < -0.4 is 25.5 Å². The van der Waals surface area contributed by atoms with E-state index in [1.165, 1.54) is 109 Å². The molecule has 57 heavy (non-hydrogen) atoms. The first-order chi connectivity index (χ1) is 27.0. The fourth-order valence-electron chi connectivity index (χ4n) is 11.2. The van der Waals surface area contributed by atoms with E-state index < -0.39 is 0 Å². The Bertz CT molecular complexity index is 2540. The van der Waals surface area contributed by atoms with Crippen LogP contribution in [-0.2, 0) is 21.7 Å². The van der Waals surface area contributed by atoms with Crippen LogP contribution in [0.25, 0.3) is 10.1 Å². The lowest BCUT2D eigenvalue weighted by Gasteiger charge is -2.45. The number of rotatable bonds is 3. The van der Waals surface area contributed by atoms with E-state index in [1.807, 2.05) is 11.3 Å². The van der Waals surface area contributed by atoms with Crippen LogP contribution in [0.2, 0.25) is 0 Å². The van der Waals surface area contributed by atoms with Crippen LogP contribution in [-0.4, -0.2) is 6.71 Å². The first-order valence-corrected chi connectivity index (χ1v) is 22.5. The number of hydrogen-bond donors (Lipinski definition) is 0. The second kappa shape index (κ2) is 12.6. The topological polar surface area (TPSA) is 6.48 Å². The molecule has 2 fully saturated rings. The maximum absolute atomic E-state index is 2.70. The highest BCUT2D eigenvalue weighted by Crippen LogP contribution is 2.58. The molecule has 3 unspecified atom stereocenters. The van der Waals surface area contributed by atoms with Gasteiger partial charge in [0, 0.05) is 43.3 Å². The molecular formula is C53H59BN2S. The summed E-state index contributed by atoms with van der Waals surface area (Å²) in [7, 11) is 0. The van der Waals surface area contributed by atoms with E-state index in [-0.39, 0.29) is 28.4 Å². The van der Waals surface area contributed by atoms with Gasteiger partial charge in [0.2, 0.25) is 0 Å². The van der Waals surface area contributed by atoms with Crippen molar-refractivity contribution in [1.29, 1.82) is 0 Å². The van der Waals surface area contributed by atoms with Gasteiger partial charge in [0.15, 0.2) is 0 Å². The largest absolute Gasteiger partial charge is 0.311 e. The van der Waals surface area contributed by atoms with Gasteiger partial charge >= 0.3 is 0 Å². The molecule has 2 bridgehead atoms. The molecule has 0 N–H and O–H groups in total. The average Bonchev–Trinajstić information content (AvgIpc) is 3.66. The van der Waals surface area contributed by atoms with E-state index in [0.717, 1.165) is 11.8 Å². The number of para-hydroxylation sites is 1. The summed E-state index contributed by atoms with van der Waals surface area (Å²) in [6, 6.07) is 41.1. The second-order valence-electron chi connectivity index (χ2n) is 21.3. The number of hydrogen-bond acceptors (Lipinski definition) is 3. The van der Waals surface area contributed by atoms with E-state index >= 15 is 0 Å². The van der Waals surface area contributed by atoms with Gasteiger partial charge in [-0.2, -0.15) is 0 Å². The predicted molar refractivity (Wildman–Crippen MR) is 249 cm³/mol.